The fraction of sp³-hybridized carbons (Fsp3) is 0.182. The summed E-state index contributed by atoms with van der Waals surface area (Å²) in [6.07, 6.45) is 4.66. The minimum atomic E-state index is -0.751. The number of ether oxygens (including phenoxy) is 5. The Labute approximate surface area is 343 Å². The van der Waals surface area contributed by atoms with E-state index >= 15 is 0 Å². The molecule has 0 spiro atoms. The summed E-state index contributed by atoms with van der Waals surface area (Å²) in [5, 5.41) is 11.3. The van der Waals surface area contributed by atoms with Crippen molar-refractivity contribution >= 4 is 70.0 Å². The van der Waals surface area contributed by atoms with E-state index in [1.54, 1.807) is 75.5 Å². The van der Waals surface area contributed by atoms with Gasteiger partial charge in [-0.15, -0.1) is 0 Å². The van der Waals surface area contributed by atoms with Crippen molar-refractivity contribution in [3.8, 4) is 23.0 Å². The zero-order valence-electron chi connectivity index (χ0n) is 31.1. The van der Waals surface area contributed by atoms with Crippen LogP contribution in [-0.4, -0.2) is 56.7 Å². The first-order valence-electron chi connectivity index (χ1n) is 17.7. The molecule has 0 unspecified atom stereocenters. The Morgan fingerprint density at radius 3 is 1.64 bits per heavy atom. The molecule has 2 heterocycles. The first-order valence-corrected chi connectivity index (χ1v) is 20.9. The minimum absolute atomic E-state index is 0.00359. The average molecular weight is 822 g/mol. The minimum Gasteiger partial charge on any atom is -0.497 e. The molecule has 0 bridgehead atoms. The van der Waals surface area contributed by atoms with E-state index in [1.165, 1.54) is 0 Å². The second-order valence-corrected chi connectivity index (χ2v) is 16.9. The number of nitrogens with zero attached hydrogens (tertiary/aromatic N) is 1. The number of fused-ring (bicyclic) bond motifs is 1. The molecule has 1 fully saturated rings. The molecular weight excluding hydrogens is 783 g/mol. The van der Waals surface area contributed by atoms with Crippen molar-refractivity contribution in [2.75, 3.05) is 28.4 Å². The monoisotopic (exact) mass is 821 g/mol. The van der Waals surface area contributed by atoms with Crippen molar-refractivity contribution in [3.05, 3.63) is 121 Å². The number of benzene rings is 5. The summed E-state index contributed by atoms with van der Waals surface area (Å²) in [5.41, 5.74) is 1.66. The Morgan fingerprint density at radius 2 is 1.14 bits per heavy atom. The van der Waals surface area contributed by atoms with E-state index in [4.69, 9.17) is 28.7 Å². The van der Waals surface area contributed by atoms with Crippen LogP contribution in [0.4, 0.5) is 0 Å². The van der Waals surface area contributed by atoms with Crippen LogP contribution in [0.2, 0.25) is 0 Å². The number of aliphatic hydroxyl groups excluding tert-OH is 1. The second-order valence-electron chi connectivity index (χ2n) is 12.6. The Bertz CT molecular complexity index is 2390. The number of carbonyl (C=O) groups is 1. The van der Waals surface area contributed by atoms with Gasteiger partial charge in [0.2, 0.25) is 0 Å². The largest absolute Gasteiger partial charge is 0.497 e. The Kier molecular flexibility index (Phi) is 13.0. The van der Waals surface area contributed by atoms with Crippen molar-refractivity contribution in [3.63, 3.8) is 0 Å². The number of aromatic nitrogens is 1. The fourth-order valence-corrected chi connectivity index (χ4v) is 10.5. The number of aliphatic hydroxyl groups is 1. The number of hydrogen-bond donors (Lipinski definition) is 1. The number of carbonyl (C=O) groups excluding carboxylic acids is 1. The summed E-state index contributed by atoms with van der Waals surface area (Å²) < 4.78 is 28.1. The van der Waals surface area contributed by atoms with Gasteiger partial charge in [-0.3, -0.25) is 9.78 Å². The molecule has 1 aromatic heterocycles. The van der Waals surface area contributed by atoms with E-state index in [9.17, 15) is 9.90 Å². The Hall–Kier alpha value is -4.72. The van der Waals surface area contributed by atoms with Gasteiger partial charge in [0.15, 0.2) is 0 Å². The summed E-state index contributed by atoms with van der Waals surface area (Å²) in [7, 11) is 6.67. The first kappa shape index (κ1) is 39.5. The van der Waals surface area contributed by atoms with Gasteiger partial charge in [-0.25, -0.2) is 0 Å². The average Bonchev–Trinajstić information content (AvgIpc) is 3.21. The van der Waals surface area contributed by atoms with Gasteiger partial charge >= 0.3 is 5.97 Å². The molecule has 7 rings (SSSR count). The van der Waals surface area contributed by atoms with E-state index in [0.717, 1.165) is 78.6 Å². The maximum Gasteiger partial charge on any atom is 0.309 e. The Balaban J connectivity index is 1.49. The predicted molar refractivity (Wildman–Crippen MR) is 224 cm³/mol. The molecule has 5 aromatic carbocycles. The molecule has 2 atom stereocenters. The number of pyridine rings is 1. The smallest absolute Gasteiger partial charge is 0.309 e. The SMILES string of the molecule is COc1cccc(Sc2cc3c(Sc4cccc(OC)c4)c(/C=C/[C@@H]4C[C@@H](O)CC(=O)O4)cnc3c(Sc3cccc(OC)c3)c2Sc2cccc(OC)c2)c1. The molecule has 1 aliphatic rings. The second kappa shape index (κ2) is 18.5. The highest BCUT2D eigenvalue weighted by Gasteiger charge is 2.26. The molecule has 12 heteroatoms. The number of esters is 1. The van der Waals surface area contributed by atoms with Gasteiger partial charge in [0, 0.05) is 57.8 Å². The maximum atomic E-state index is 12.2. The first-order chi connectivity index (χ1) is 27.3. The van der Waals surface area contributed by atoms with Crippen LogP contribution >= 0.6 is 47.0 Å². The van der Waals surface area contributed by atoms with Crippen LogP contribution in [0.1, 0.15) is 18.4 Å². The van der Waals surface area contributed by atoms with Crippen LogP contribution in [0.15, 0.2) is 155 Å². The molecule has 1 aliphatic heterocycles. The standard InChI is InChI=1S/C44H39NO7S4/c1-48-29-9-5-13-34(21-29)53-39-25-38-41(44(56-37-16-8-12-32(24-37)51-4)43(39)55-36-15-7-11-31(23-36)50-3)45-26-27(17-18-33-19-28(46)20-40(47)52-33)42(38)54-35-14-6-10-30(22-35)49-2/h5-18,21-26,28,33,46H,19-20H2,1-4H3/b18-17+/t28-,33-/m1/s1. The van der Waals surface area contributed by atoms with Gasteiger partial charge in [0.1, 0.15) is 29.1 Å². The van der Waals surface area contributed by atoms with Crippen molar-refractivity contribution < 1.29 is 33.6 Å². The lowest BCUT2D eigenvalue weighted by atomic mass is 10.0. The number of cyclic esters (lactones) is 1. The summed E-state index contributed by atoms with van der Waals surface area (Å²) in [6.45, 7) is 0. The summed E-state index contributed by atoms with van der Waals surface area (Å²) in [4.78, 5) is 25.4. The van der Waals surface area contributed by atoms with Crippen molar-refractivity contribution in [2.24, 2.45) is 0 Å². The van der Waals surface area contributed by atoms with Crippen LogP contribution in [-0.2, 0) is 9.53 Å². The van der Waals surface area contributed by atoms with Crippen molar-refractivity contribution in [1.82, 2.24) is 4.98 Å². The van der Waals surface area contributed by atoms with Crippen molar-refractivity contribution in [2.45, 2.75) is 64.2 Å². The van der Waals surface area contributed by atoms with Gasteiger partial charge in [-0.1, -0.05) is 77.4 Å². The maximum absolute atomic E-state index is 12.2. The number of hydrogen-bond acceptors (Lipinski definition) is 12. The molecule has 6 aromatic rings. The fourth-order valence-electron chi connectivity index (χ4n) is 6.03. The summed E-state index contributed by atoms with van der Waals surface area (Å²) >= 11 is 6.55. The molecule has 0 radical (unpaired) electrons. The molecule has 0 amide bonds. The van der Waals surface area contributed by atoms with Crippen molar-refractivity contribution in [1.29, 1.82) is 0 Å². The topological polar surface area (TPSA) is 96.3 Å². The molecular formula is C44H39NO7S4. The van der Waals surface area contributed by atoms with Gasteiger partial charge in [0.05, 0.1) is 51.4 Å². The molecule has 1 N–H and O–H groups in total. The van der Waals surface area contributed by atoms with Gasteiger partial charge in [-0.05, 0) is 84.9 Å². The molecule has 286 valence electrons. The third-order valence-corrected chi connectivity index (χ3v) is 13.4. The normalized spacial score (nSPS) is 15.5. The van der Waals surface area contributed by atoms with Crippen LogP contribution < -0.4 is 18.9 Å². The van der Waals surface area contributed by atoms with Crippen LogP contribution in [0.5, 0.6) is 23.0 Å². The van der Waals surface area contributed by atoms with Crippen LogP contribution in [0.3, 0.4) is 0 Å². The number of rotatable bonds is 14. The third-order valence-electron chi connectivity index (χ3n) is 8.75. The van der Waals surface area contributed by atoms with Crippen LogP contribution in [0, 0.1) is 0 Å². The zero-order valence-corrected chi connectivity index (χ0v) is 34.4. The highest BCUT2D eigenvalue weighted by Crippen LogP contribution is 2.51. The van der Waals surface area contributed by atoms with Crippen LogP contribution in [0.25, 0.3) is 17.0 Å². The van der Waals surface area contributed by atoms with E-state index in [0.29, 0.717) is 6.42 Å². The summed E-state index contributed by atoms with van der Waals surface area (Å²) in [5.74, 6) is 2.61. The molecule has 0 aliphatic carbocycles. The lowest BCUT2D eigenvalue weighted by molar-refractivity contribution is -0.156. The molecule has 56 heavy (non-hydrogen) atoms. The van der Waals surface area contributed by atoms with Gasteiger partial charge in [0.25, 0.3) is 0 Å². The van der Waals surface area contributed by atoms with Gasteiger partial charge in [-0.2, -0.15) is 0 Å². The molecule has 1 saturated heterocycles. The highest BCUT2D eigenvalue weighted by molar-refractivity contribution is 8.04. The third kappa shape index (κ3) is 9.62. The van der Waals surface area contributed by atoms with E-state index in [-0.39, 0.29) is 6.42 Å². The van der Waals surface area contributed by atoms with E-state index < -0.39 is 18.2 Å². The Morgan fingerprint density at radius 1 is 0.661 bits per heavy atom. The van der Waals surface area contributed by atoms with E-state index in [2.05, 4.69) is 30.3 Å². The lowest BCUT2D eigenvalue weighted by Gasteiger charge is -2.23. The molecule has 8 nitrogen and oxygen atoms in total. The van der Waals surface area contributed by atoms with Gasteiger partial charge < -0.3 is 28.8 Å². The molecule has 0 saturated carbocycles. The predicted octanol–water partition coefficient (Wildman–Crippen LogP) is 11.0. The summed E-state index contributed by atoms with van der Waals surface area (Å²) in [6, 6.07) is 34.3. The highest BCUT2D eigenvalue weighted by atomic mass is 32.2. The number of methoxy groups -OCH3 is 4. The van der Waals surface area contributed by atoms with E-state index in [1.807, 2.05) is 91.1 Å². The quantitative estimate of drug-likeness (QED) is 0.106. The zero-order chi connectivity index (χ0) is 39.0. The lowest BCUT2D eigenvalue weighted by Crippen LogP contribution is -2.31.